The molecule has 2 aromatic rings. The van der Waals surface area contributed by atoms with Crippen LogP contribution < -0.4 is 5.32 Å². The number of aliphatic hydroxyl groups excluding tert-OH is 1. The second kappa shape index (κ2) is 6.12. The molecule has 1 aliphatic carbocycles. The van der Waals surface area contributed by atoms with Crippen LogP contribution in [0.4, 0.5) is 4.39 Å². The molecule has 2 N–H and O–H groups in total. The predicted molar refractivity (Wildman–Crippen MR) is 82.1 cm³/mol. The molecule has 112 valence electrons. The van der Waals surface area contributed by atoms with E-state index in [9.17, 15) is 14.3 Å². The number of thiophene rings is 1. The molecular weight excluding hydrogens is 289 g/mol. The highest BCUT2D eigenvalue weighted by molar-refractivity contribution is 7.20. The van der Waals surface area contributed by atoms with Crippen molar-refractivity contribution in [3.05, 3.63) is 35.0 Å². The molecule has 5 heteroatoms. The number of hydrogen-bond donors (Lipinski definition) is 2. The van der Waals surface area contributed by atoms with Gasteiger partial charge in [-0.1, -0.05) is 18.9 Å². The maximum absolute atomic E-state index is 13.7. The first kappa shape index (κ1) is 14.5. The summed E-state index contributed by atoms with van der Waals surface area (Å²) in [5.41, 5.74) is 0. The van der Waals surface area contributed by atoms with Crippen molar-refractivity contribution in [3.63, 3.8) is 0 Å². The minimum atomic E-state index is -0.297. The lowest BCUT2D eigenvalue weighted by atomic mass is 9.85. The Hall–Kier alpha value is -1.46. The van der Waals surface area contributed by atoms with Crippen LogP contribution in [0.25, 0.3) is 10.1 Å². The number of halogens is 1. The summed E-state index contributed by atoms with van der Waals surface area (Å²) in [7, 11) is 0. The average molecular weight is 307 g/mol. The van der Waals surface area contributed by atoms with Crippen LogP contribution in [0.2, 0.25) is 0 Å². The van der Waals surface area contributed by atoms with Crippen molar-refractivity contribution in [1.82, 2.24) is 5.32 Å². The molecule has 0 aliphatic heterocycles. The molecule has 1 heterocycles. The number of aliphatic hydroxyl groups is 1. The van der Waals surface area contributed by atoms with Crippen LogP contribution in [-0.4, -0.2) is 23.7 Å². The number of nitrogens with one attached hydrogen (secondary N) is 1. The molecule has 0 radical (unpaired) electrons. The molecule has 1 aliphatic rings. The quantitative estimate of drug-likeness (QED) is 0.914. The molecule has 21 heavy (non-hydrogen) atoms. The Morgan fingerprint density at radius 2 is 2.19 bits per heavy atom. The molecule has 1 saturated carbocycles. The van der Waals surface area contributed by atoms with Gasteiger partial charge in [0, 0.05) is 28.7 Å². The first-order valence-electron chi connectivity index (χ1n) is 7.29. The van der Waals surface area contributed by atoms with Crippen LogP contribution in [0.5, 0.6) is 0 Å². The minimum absolute atomic E-state index is 0.0197. The van der Waals surface area contributed by atoms with Crippen LogP contribution in [0.15, 0.2) is 24.3 Å². The lowest BCUT2D eigenvalue weighted by Crippen LogP contribution is -2.43. The van der Waals surface area contributed by atoms with Gasteiger partial charge in [0.15, 0.2) is 0 Å². The van der Waals surface area contributed by atoms with Gasteiger partial charge in [-0.25, -0.2) is 4.39 Å². The molecule has 2 atom stereocenters. The Morgan fingerprint density at radius 3 is 2.95 bits per heavy atom. The van der Waals surface area contributed by atoms with Gasteiger partial charge in [0.1, 0.15) is 5.82 Å². The van der Waals surface area contributed by atoms with Crippen molar-refractivity contribution in [2.75, 3.05) is 6.61 Å². The minimum Gasteiger partial charge on any atom is -0.396 e. The second-order valence-corrected chi connectivity index (χ2v) is 6.65. The highest BCUT2D eigenvalue weighted by Crippen LogP contribution is 2.29. The normalized spacial score (nSPS) is 22.4. The zero-order valence-electron chi connectivity index (χ0n) is 11.6. The van der Waals surface area contributed by atoms with E-state index in [1.807, 2.05) is 6.07 Å². The summed E-state index contributed by atoms with van der Waals surface area (Å²) in [6.07, 6.45) is 4.02. The first-order chi connectivity index (χ1) is 10.2. The smallest absolute Gasteiger partial charge is 0.261 e. The van der Waals surface area contributed by atoms with Gasteiger partial charge in [0.2, 0.25) is 0 Å². The van der Waals surface area contributed by atoms with Crippen molar-refractivity contribution in [3.8, 4) is 0 Å². The maximum atomic E-state index is 13.7. The van der Waals surface area contributed by atoms with Crippen molar-refractivity contribution in [2.45, 2.75) is 31.7 Å². The summed E-state index contributed by atoms with van der Waals surface area (Å²) < 4.78 is 14.5. The summed E-state index contributed by atoms with van der Waals surface area (Å²) in [6, 6.07) is 6.50. The van der Waals surface area contributed by atoms with E-state index >= 15 is 0 Å². The van der Waals surface area contributed by atoms with Crippen LogP contribution in [0.1, 0.15) is 35.4 Å². The van der Waals surface area contributed by atoms with E-state index in [0.29, 0.717) is 10.3 Å². The van der Waals surface area contributed by atoms with Crippen LogP contribution in [0.3, 0.4) is 0 Å². The third-order valence-electron chi connectivity index (χ3n) is 4.19. The SMILES string of the molecule is O=C(NC1CCCCC1CO)c1cc2c(F)cccc2s1. The monoisotopic (exact) mass is 307 g/mol. The predicted octanol–water partition coefficient (Wildman–Crippen LogP) is 3.32. The number of hydrogen-bond acceptors (Lipinski definition) is 3. The lowest BCUT2D eigenvalue weighted by molar-refractivity contribution is 0.0876. The first-order valence-corrected chi connectivity index (χ1v) is 8.10. The number of fused-ring (bicyclic) bond motifs is 1. The molecule has 3 rings (SSSR count). The highest BCUT2D eigenvalue weighted by Gasteiger charge is 2.26. The Morgan fingerprint density at radius 1 is 1.38 bits per heavy atom. The number of amides is 1. The molecular formula is C16H18FNO2S. The van der Waals surface area contributed by atoms with Gasteiger partial charge in [0.25, 0.3) is 5.91 Å². The lowest BCUT2D eigenvalue weighted by Gasteiger charge is -2.30. The standard InChI is InChI=1S/C16H18FNO2S/c17-12-5-3-7-14-11(12)8-15(21-14)16(20)18-13-6-2-1-4-10(13)9-19/h3,5,7-8,10,13,19H,1-2,4,6,9H2,(H,18,20). The van der Waals surface area contributed by atoms with Gasteiger partial charge < -0.3 is 10.4 Å². The molecule has 0 saturated heterocycles. The van der Waals surface area contributed by atoms with Gasteiger partial charge >= 0.3 is 0 Å². The van der Waals surface area contributed by atoms with E-state index in [1.165, 1.54) is 17.4 Å². The average Bonchev–Trinajstić information content (AvgIpc) is 2.93. The third kappa shape index (κ3) is 2.94. The second-order valence-electron chi connectivity index (χ2n) is 5.57. The Bertz CT molecular complexity index is 655. The van der Waals surface area contributed by atoms with Crippen LogP contribution >= 0.6 is 11.3 Å². The Balaban J connectivity index is 1.78. The van der Waals surface area contributed by atoms with E-state index < -0.39 is 0 Å². The highest BCUT2D eigenvalue weighted by atomic mass is 32.1. The topological polar surface area (TPSA) is 49.3 Å². The van der Waals surface area contributed by atoms with Crippen LogP contribution in [-0.2, 0) is 0 Å². The molecule has 2 unspecified atom stereocenters. The molecule has 1 aromatic carbocycles. The van der Waals surface area contributed by atoms with Gasteiger partial charge in [-0.2, -0.15) is 0 Å². The fourth-order valence-electron chi connectivity index (χ4n) is 2.99. The molecule has 0 bridgehead atoms. The summed E-state index contributed by atoms with van der Waals surface area (Å²) in [4.78, 5) is 12.9. The number of rotatable bonds is 3. The summed E-state index contributed by atoms with van der Waals surface area (Å²) in [6.45, 7) is 0.103. The molecule has 1 aromatic heterocycles. The van der Waals surface area contributed by atoms with Crippen molar-refractivity contribution < 1.29 is 14.3 Å². The van der Waals surface area contributed by atoms with E-state index in [0.717, 1.165) is 30.4 Å². The van der Waals surface area contributed by atoms with Crippen molar-refractivity contribution in [2.24, 2.45) is 5.92 Å². The molecule has 1 amide bonds. The molecule has 3 nitrogen and oxygen atoms in total. The van der Waals surface area contributed by atoms with Gasteiger partial charge in [-0.05, 0) is 31.0 Å². The maximum Gasteiger partial charge on any atom is 0.261 e. The van der Waals surface area contributed by atoms with E-state index in [4.69, 9.17) is 0 Å². The van der Waals surface area contributed by atoms with Gasteiger partial charge in [-0.15, -0.1) is 11.3 Å². The summed E-state index contributed by atoms with van der Waals surface area (Å²) >= 11 is 1.30. The summed E-state index contributed by atoms with van der Waals surface area (Å²) in [5, 5.41) is 12.9. The third-order valence-corrected chi connectivity index (χ3v) is 5.29. The number of carbonyl (C=O) groups excluding carboxylic acids is 1. The zero-order chi connectivity index (χ0) is 14.8. The van der Waals surface area contributed by atoms with E-state index in [-0.39, 0.29) is 30.3 Å². The number of carbonyl (C=O) groups is 1. The fourth-order valence-corrected chi connectivity index (χ4v) is 3.97. The van der Waals surface area contributed by atoms with Crippen LogP contribution in [0, 0.1) is 11.7 Å². The van der Waals surface area contributed by atoms with E-state index in [1.54, 1.807) is 12.1 Å². The number of benzene rings is 1. The molecule has 1 fully saturated rings. The Labute approximate surface area is 126 Å². The summed E-state index contributed by atoms with van der Waals surface area (Å²) in [5.74, 6) is -0.330. The van der Waals surface area contributed by atoms with E-state index in [2.05, 4.69) is 5.32 Å². The Kier molecular flexibility index (Phi) is 4.22. The zero-order valence-corrected chi connectivity index (χ0v) is 12.5. The van der Waals surface area contributed by atoms with Gasteiger partial charge in [-0.3, -0.25) is 4.79 Å². The fraction of sp³-hybridized carbons (Fsp3) is 0.438. The van der Waals surface area contributed by atoms with Crippen molar-refractivity contribution >= 4 is 27.3 Å². The molecule has 0 spiro atoms. The largest absolute Gasteiger partial charge is 0.396 e. The van der Waals surface area contributed by atoms with Crippen molar-refractivity contribution in [1.29, 1.82) is 0 Å². The van der Waals surface area contributed by atoms with Gasteiger partial charge in [0.05, 0.1) is 4.88 Å².